The molecule has 0 spiro atoms. The number of aromatic nitrogens is 1. The van der Waals surface area contributed by atoms with E-state index in [1.165, 1.54) is 0 Å². The fraction of sp³-hybridized carbons (Fsp3) is 0.400. The number of hydrogen-bond donors (Lipinski definition) is 2. The van der Waals surface area contributed by atoms with Crippen molar-refractivity contribution >= 4 is 23.3 Å². The van der Waals surface area contributed by atoms with Crippen LogP contribution in [-0.2, 0) is 9.47 Å². The van der Waals surface area contributed by atoms with Gasteiger partial charge in [0.15, 0.2) is 0 Å². The number of H-pyrrole nitrogens is 1. The second-order valence-corrected chi connectivity index (χ2v) is 6.45. The van der Waals surface area contributed by atoms with E-state index in [0.29, 0.717) is 34.8 Å². The average molecular weight is 371 g/mol. The van der Waals surface area contributed by atoms with E-state index < -0.39 is 5.97 Å². The quantitative estimate of drug-likeness (QED) is 0.790. The van der Waals surface area contributed by atoms with Crippen molar-refractivity contribution in [1.82, 2.24) is 4.98 Å². The van der Waals surface area contributed by atoms with Gasteiger partial charge in [-0.25, -0.2) is 4.79 Å². The lowest BCUT2D eigenvalue weighted by Crippen LogP contribution is -2.36. The van der Waals surface area contributed by atoms with Gasteiger partial charge in [0.25, 0.3) is 5.91 Å². The van der Waals surface area contributed by atoms with Gasteiger partial charge in [-0.2, -0.15) is 0 Å². The van der Waals surface area contributed by atoms with Gasteiger partial charge in [0.05, 0.1) is 25.4 Å². The molecule has 2 N–H and O–H groups in total. The summed E-state index contributed by atoms with van der Waals surface area (Å²) < 4.78 is 10.4. The molecule has 1 saturated heterocycles. The molecule has 2 aromatic rings. The summed E-state index contributed by atoms with van der Waals surface area (Å²) in [6.07, 6.45) is 0. The lowest BCUT2D eigenvalue weighted by atomic mass is 10.1. The molecule has 0 atom stereocenters. The summed E-state index contributed by atoms with van der Waals surface area (Å²) in [4.78, 5) is 30.0. The molecule has 7 nitrogen and oxygen atoms in total. The number of aromatic amines is 1. The molecule has 144 valence electrons. The number of aryl methyl sites for hydroxylation is 1. The summed E-state index contributed by atoms with van der Waals surface area (Å²) in [5.74, 6) is -0.706. The van der Waals surface area contributed by atoms with Gasteiger partial charge in [-0.15, -0.1) is 0 Å². The van der Waals surface area contributed by atoms with Gasteiger partial charge in [-0.1, -0.05) is 0 Å². The van der Waals surface area contributed by atoms with Crippen molar-refractivity contribution in [3.05, 3.63) is 46.8 Å². The molecule has 1 aliphatic rings. The van der Waals surface area contributed by atoms with Gasteiger partial charge < -0.3 is 24.7 Å². The maximum Gasteiger partial charge on any atom is 0.340 e. The number of nitrogens with one attached hydrogen (secondary N) is 2. The second-order valence-electron chi connectivity index (χ2n) is 6.45. The van der Waals surface area contributed by atoms with Crippen LogP contribution in [0.5, 0.6) is 0 Å². The third kappa shape index (κ3) is 4.14. The van der Waals surface area contributed by atoms with Crippen LogP contribution in [0.2, 0.25) is 0 Å². The van der Waals surface area contributed by atoms with Crippen LogP contribution in [0.3, 0.4) is 0 Å². The van der Waals surface area contributed by atoms with Crippen molar-refractivity contribution in [2.45, 2.75) is 20.8 Å². The number of hydrogen-bond acceptors (Lipinski definition) is 5. The van der Waals surface area contributed by atoms with Crippen LogP contribution < -0.4 is 10.2 Å². The Kier molecular flexibility index (Phi) is 5.81. The van der Waals surface area contributed by atoms with Gasteiger partial charge in [-0.05, 0) is 50.6 Å². The lowest BCUT2D eigenvalue weighted by Gasteiger charge is -2.28. The molecule has 0 aliphatic carbocycles. The Hall–Kier alpha value is -2.80. The van der Waals surface area contributed by atoms with Crippen LogP contribution in [0.4, 0.5) is 11.4 Å². The first-order valence-electron chi connectivity index (χ1n) is 9.11. The Labute approximate surface area is 158 Å². The fourth-order valence-corrected chi connectivity index (χ4v) is 3.26. The van der Waals surface area contributed by atoms with Gasteiger partial charge >= 0.3 is 5.97 Å². The SMILES string of the molecule is CCOC(=O)c1c(C)[nH]c(C(=O)Nc2ccc(N3CCOCC3)cc2)c1C. The van der Waals surface area contributed by atoms with E-state index in [1.54, 1.807) is 20.8 Å². The molecule has 0 bridgehead atoms. The second kappa shape index (κ2) is 8.26. The van der Waals surface area contributed by atoms with Gasteiger partial charge in [0, 0.05) is 30.2 Å². The minimum atomic E-state index is -0.419. The number of nitrogens with zero attached hydrogens (tertiary/aromatic N) is 1. The predicted octanol–water partition coefficient (Wildman–Crippen LogP) is 2.90. The van der Waals surface area contributed by atoms with Gasteiger partial charge in [-0.3, -0.25) is 4.79 Å². The number of ether oxygens (including phenoxy) is 2. The molecular weight excluding hydrogens is 346 g/mol. The zero-order chi connectivity index (χ0) is 19.4. The number of carbonyl (C=O) groups is 2. The van der Waals surface area contributed by atoms with Crippen molar-refractivity contribution in [3.8, 4) is 0 Å². The summed E-state index contributed by atoms with van der Waals surface area (Å²) >= 11 is 0. The minimum absolute atomic E-state index is 0.287. The average Bonchev–Trinajstić information content (AvgIpc) is 2.97. The van der Waals surface area contributed by atoms with Crippen LogP contribution in [0, 0.1) is 13.8 Å². The van der Waals surface area contributed by atoms with Crippen molar-refractivity contribution in [2.24, 2.45) is 0 Å². The molecule has 1 fully saturated rings. The zero-order valence-electron chi connectivity index (χ0n) is 15.9. The highest BCUT2D eigenvalue weighted by Gasteiger charge is 2.23. The molecule has 2 heterocycles. The summed E-state index contributed by atoms with van der Waals surface area (Å²) in [5.41, 5.74) is 3.80. The van der Waals surface area contributed by atoms with Gasteiger partial charge in [0.2, 0.25) is 0 Å². The third-order valence-corrected chi connectivity index (χ3v) is 4.65. The Morgan fingerprint density at radius 1 is 1.19 bits per heavy atom. The third-order valence-electron chi connectivity index (χ3n) is 4.65. The highest BCUT2D eigenvalue weighted by Crippen LogP contribution is 2.22. The molecule has 27 heavy (non-hydrogen) atoms. The normalized spacial score (nSPS) is 14.1. The zero-order valence-corrected chi connectivity index (χ0v) is 15.9. The molecule has 1 aromatic carbocycles. The van der Waals surface area contributed by atoms with Crippen molar-refractivity contribution in [2.75, 3.05) is 43.1 Å². The maximum absolute atomic E-state index is 12.6. The Balaban J connectivity index is 1.72. The van der Waals surface area contributed by atoms with Crippen molar-refractivity contribution in [3.63, 3.8) is 0 Å². The molecule has 7 heteroatoms. The smallest absolute Gasteiger partial charge is 0.340 e. The number of amides is 1. The number of rotatable bonds is 5. The van der Waals surface area contributed by atoms with Crippen LogP contribution in [0.25, 0.3) is 0 Å². The molecule has 0 saturated carbocycles. The van der Waals surface area contributed by atoms with E-state index in [2.05, 4.69) is 15.2 Å². The van der Waals surface area contributed by atoms with Gasteiger partial charge in [0.1, 0.15) is 5.69 Å². The molecule has 1 aromatic heterocycles. The lowest BCUT2D eigenvalue weighted by molar-refractivity contribution is 0.0525. The number of carbonyl (C=O) groups excluding carboxylic acids is 2. The summed E-state index contributed by atoms with van der Waals surface area (Å²) in [7, 11) is 0. The molecule has 1 aliphatic heterocycles. The number of benzene rings is 1. The molecule has 0 radical (unpaired) electrons. The molecule has 3 rings (SSSR count). The number of morpholine rings is 1. The molecule has 0 unspecified atom stereocenters. The number of anilines is 2. The molecule has 1 amide bonds. The highest BCUT2D eigenvalue weighted by atomic mass is 16.5. The van der Waals surface area contributed by atoms with Crippen molar-refractivity contribution < 1.29 is 19.1 Å². The maximum atomic E-state index is 12.6. The van der Waals surface area contributed by atoms with Crippen molar-refractivity contribution in [1.29, 1.82) is 0 Å². The fourth-order valence-electron chi connectivity index (χ4n) is 3.26. The van der Waals surface area contributed by atoms with Crippen LogP contribution in [0.1, 0.15) is 39.0 Å². The first-order chi connectivity index (χ1) is 13.0. The topological polar surface area (TPSA) is 83.7 Å². The molecular formula is C20H25N3O4. The van der Waals surface area contributed by atoms with E-state index in [9.17, 15) is 9.59 Å². The standard InChI is InChI=1S/C20H25N3O4/c1-4-27-20(25)17-13(2)18(21-14(17)3)19(24)22-15-5-7-16(8-6-15)23-9-11-26-12-10-23/h5-8,21H,4,9-12H2,1-3H3,(H,22,24). The van der Waals surface area contributed by atoms with E-state index in [4.69, 9.17) is 9.47 Å². The number of esters is 1. The Morgan fingerprint density at radius 3 is 2.48 bits per heavy atom. The first-order valence-corrected chi connectivity index (χ1v) is 9.11. The summed E-state index contributed by atoms with van der Waals surface area (Å²) in [6.45, 7) is 8.73. The van der Waals surface area contributed by atoms with E-state index >= 15 is 0 Å². The predicted molar refractivity (Wildman–Crippen MR) is 104 cm³/mol. The Morgan fingerprint density at radius 2 is 1.85 bits per heavy atom. The van der Waals surface area contributed by atoms with Crippen LogP contribution >= 0.6 is 0 Å². The summed E-state index contributed by atoms with van der Waals surface area (Å²) in [6, 6.07) is 7.72. The van der Waals surface area contributed by atoms with Crippen LogP contribution in [-0.4, -0.2) is 49.8 Å². The highest BCUT2D eigenvalue weighted by molar-refractivity contribution is 6.06. The van der Waals surface area contributed by atoms with E-state index in [0.717, 1.165) is 32.0 Å². The van der Waals surface area contributed by atoms with E-state index in [-0.39, 0.29) is 5.91 Å². The Bertz CT molecular complexity index is 820. The monoisotopic (exact) mass is 371 g/mol. The largest absolute Gasteiger partial charge is 0.462 e. The minimum Gasteiger partial charge on any atom is -0.462 e. The van der Waals surface area contributed by atoms with Crippen LogP contribution in [0.15, 0.2) is 24.3 Å². The first kappa shape index (κ1) is 19.0. The summed E-state index contributed by atoms with van der Waals surface area (Å²) in [5, 5.41) is 2.88. The van der Waals surface area contributed by atoms with E-state index in [1.807, 2.05) is 24.3 Å².